The van der Waals surface area contributed by atoms with Crippen LogP contribution in [0.2, 0.25) is 0 Å². The van der Waals surface area contributed by atoms with E-state index in [9.17, 15) is 4.79 Å². The number of rotatable bonds is 3. The second-order valence-corrected chi connectivity index (χ2v) is 3.93. The fraction of sp³-hybridized carbons (Fsp3) is 0.222. The molecule has 0 aliphatic carbocycles. The fourth-order valence-corrected chi connectivity index (χ4v) is 1.92. The number of allylic oxidation sites excluding steroid dienone is 1. The summed E-state index contributed by atoms with van der Waals surface area (Å²) in [5.41, 5.74) is 0.752. The second kappa shape index (κ2) is 3.92. The SMILES string of the molecule is C=C(S)C(=O)c1ccsc1CC. The van der Waals surface area contributed by atoms with Crippen LogP contribution in [0.15, 0.2) is 22.9 Å². The van der Waals surface area contributed by atoms with E-state index < -0.39 is 0 Å². The smallest absolute Gasteiger partial charge is 0.199 e. The molecule has 0 saturated heterocycles. The maximum Gasteiger partial charge on any atom is 0.199 e. The van der Waals surface area contributed by atoms with Gasteiger partial charge in [0.1, 0.15) is 0 Å². The van der Waals surface area contributed by atoms with Crippen molar-refractivity contribution in [3.05, 3.63) is 33.4 Å². The van der Waals surface area contributed by atoms with Crippen LogP contribution in [-0.2, 0) is 6.42 Å². The summed E-state index contributed by atoms with van der Waals surface area (Å²) in [6.45, 7) is 5.54. The molecule has 3 heteroatoms. The predicted octanol–water partition coefficient (Wildman–Crippen LogP) is 2.94. The quantitative estimate of drug-likeness (QED) is 0.449. The molecule has 0 N–H and O–H groups in total. The van der Waals surface area contributed by atoms with Crippen LogP contribution in [0.3, 0.4) is 0 Å². The molecule has 0 atom stereocenters. The third-order valence-corrected chi connectivity index (χ3v) is 2.84. The molecule has 1 aromatic heterocycles. The normalized spacial score (nSPS) is 9.83. The molecular formula is C9H10OS2. The third-order valence-electron chi connectivity index (χ3n) is 1.57. The Morgan fingerprint density at radius 3 is 2.92 bits per heavy atom. The Morgan fingerprint density at radius 1 is 1.75 bits per heavy atom. The molecule has 0 unspecified atom stereocenters. The maximum absolute atomic E-state index is 11.4. The monoisotopic (exact) mass is 198 g/mol. The van der Waals surface area contributed by atoms with Gasteiger partial charge in [0.05, 0.1) is 0 Å². The number of thiol groups is 1. The van der Waals surface area contributed by atoms with Crippen LogP contribution in [0, 0.1) is 0 Å². The summed E-state index contributed by atoms with van der Waals surface area (Å²) >= 11 is 5.53. The highest BCUT2D eigenvalue weighted by Gasteiger charge is 2.11. The summed E-state index contributed by atoms with van der Waals surface area (Å²) in [6, 6.07) is 1.83. The summed E-state index contributed by atoms with van der Waals surface area (Å²) in [6.07, 6.45) is 0.889. The highest BCUT2D eigenvalue weighted by Crippen LogP contribution is 2.20. The third kappa shape index (κ3) is 1.79. The van der Waals surface area contributed by atoms with Gasteiger partial charge in [0.15, 0.2) is 5.78 Å². The van der Waals surface area contributed by atoms with Crippen molar-refractivity contribution in [2.24, 2.45) is 0 Å². The summed E-state index contributed by atoms with van der Waals surface area (Å²) in [4.78, 5) is 12.8. The van der Waals surface area contributed by atoms with Crippen molar-refractivity contribution in [3.63, 3.8) is 0 Å². The van der Waals surface area contributed by atoms with Crippen LogP contribution >= 0.6 is 24.0 Å². The number of ketones is 1. The van der Waals surface area contributed by atoms with Gasteiger partial charge in [-0.1, -0.05) is 13.5 Å². The molecule has 0 fully saturated rings. The highest BCUT2D eigenvalue weighted by molar-refractivity contribution is 7.85. The summed E-state index contributed by atoms with van der Waals surface area (Å²) in [7, 11) is 0. The van der Waals surface area contributed by atoms with Crippen molar-refractivity contribution in [3.8, 4) is 0 Å². The molecule has 64 valence electrons. The van der Waals surface area contributed by atoms with Crippen molar-refractivity contribution in [1.82, 2.24) is 0 Å². The van der Waals surface area contributed by atoms with E-state index in [1.54, 1.807) is 11.3 Å². The van der Waals surface area contributed by atoms with Crippen molar-refractivity contribution < 1.29 is 4.79 Å². The van der Waals surface area contributed by atoms with E-state index in [-0.39, 0.29) is 5.78 Å². The Morgan fingerprint density at radius 2 is 2.42 bits per heavy atom. The number of Topliss-reactive ketones (excluding diaryl/α,β-unsaturated/α-hetero) is 1. The molecule has 0 saturated carbocycles. The van der Waals surface area contributed by atoms with Gasteiger partial charge in [-0.05, 0) is 17.9 Å². The molecule has 1 heterocycles. The van der Waals surface area contributed by atoms with E-state index in [2.05, 4.69) is 19.2 Å². The Balaban J connectivity index is 3.02. The molecule has 0 aliphatic rings. The fourth-order valence-electron chi connectivity index (χ4n) is 0.972. The predicted molar refractivity (Wildman–Crippen MR) is 56.2 cm³/mol. The molecule has 1 aromatic rings. The summed E-state index contributed by atoms with van der Waals surface area (Å²) < 4.78 is 0. The molecule has 0 radical (unpaired) electrons. The van der Waals surface area contributed by atoms with Crippen LogP contribution in [0.1, 0.15) is 22.2 Å². The van der Waals surface area contributed by atoms with Gasteiger partial charge in [-0.3, -0.25) is 4.79 Å². The average molecular weight is 198 g/mol. The van der Waals surface area contributed by atoms with Crippen molar-refractivity contribution in [2.45, 2.75) is 13.3 Å². The molecule has 1 rings (SSSR count). The number of aryl methyl sites for hydroxylation is 1. The first-order valence-electron chi connectivity index (χ1n) is 3.65. The van der Waals surface area contributed by atoms with E-state index in [4.69, 9.17) is 0 Å². The topological polar surface area (TPSA) is 17.1 Å². The molecule has 1 nitrogen and oxygen atoms in total. The zero-order chi connectivity index (χ0) is 9.14. The average Bonchev–Trinajstić information content (AvgIpc) is 2.49. The molecule has 0 aliphatic heterocycles. The van der Waals surface area contributed by atoms with Gasteiger partial charge in [-0.2, -0.15) is 0 Å². The number of thiophene rings is 1. The van der Waals surface area contributed by atoms with Gasteiger partial charge >= 0.3 is 0 Å². The van der Waals surface area contributed by atoms with E-state index in [0.29, 0.717) is 4.91 Å². The first-order chi connectivity index (χ1) is 5.66. The lowest BCUT2D eigenvalue weighted by Crippen LogP contribution is -1.98. The first kappa shape index (κ1) is 9.55. The van der Waals surface area contributed by atoms with Crippen molar-refractivity contribution in [1.29, 1.82) is 0 Å². The van der Waals surface area contributed by atoms with Crippen LogP contribution in [0.4, 0.5) is 0 Å². The first-order valence-corrected chi connectivity index (χ1v) is 4.98. The van der Waals surface area contributed by atoms with Crippen molar-refractivity contribution >= 4 is 29.7 Å². The van der Waals surface area contributed by atoms with Gasteiger partial charge in [-0.15, -0.1) is 24.0 Å². The molecule has 0 aromatic carbocycles. The Labute approximate surface area is 81.5 Å². The minimum Gasteiger partial charge on any atom is -0.288 e. The van der Waals surface area contributed by atoms with Gasteiger partial charge in [0, 0.05) is 15.3 Å². The summed E-state index contributed by atoms with van der Waals surface area (Å²) in [5, 5.41) is 1.92. The lowest BCUT2D eigenvalue weighted by molar-refractivity contribution is 0.104. The van der Waals surface area contributed by atoms with Crippen LogP contribution in [-0.4, -0.2) is 5.78 Å². The Bertz CT molecular complexity index is 312. The van der Waals surface area contributed by atoms with Gasteiger partial charge in [-0.25, -0.2) is 0 Å². The Kier molecular flexibility index (Phi) is 3.12. The summed E-state index contributed by atoms with van der Waals surface area (Å²) in [5.74, 6) is -0.0589. The van der Waals surface area contributed by atoms with Crippen LogP contribution < -0.4 is 0 Å². The van der Waals surface area contributed by atoms with E-state index in [1.807, 2.05) is 18.4 Å². The van der Waals surface area contributed by atoms with E-state index in [1.165, 1.54) is 0 Å². The molecule has 0 bridgehead atoms. The second-order valence-electron chi connectivity index (χ2n) is 2.39. The number of hydrogen-bond donors (Lipinski definition) is 1. The Hall–Kier alpha value is -0.540. The minimum absolute atomic E-state index is 0.0589. The van der Waals surface area contributed by atoms with Crippen molar-refractivity contribution in [2.75, 3.05) is 0 Å². The maximum atomic E-state index is 11.4. The van der Waals surface area contributed by atoms with E-state index >= 15 is 0 Å². The van der Waals surface area contributed by atoms with Gasteiger partial charge < -0.3 is 0 Å². The number of carbonyl (C=O) groups is 1. The number of hydrogen-bond acceptors (Lipinski definition) is 3. The van der Waals surface area contributed by atoms with Gasteiger partial charge in [0.2, 0.25) is 0 Å². The van der Waals surface area contributed by atoms with Crippen LogP contribution in [0.5, 0.6) is 0 Å². The van der Waals surface area contributed by atoms with Crippen LogP contribution in [0.25, 0.3) is 0 Å². The lowest BCUT2D eigenvalue weighted by Gasteiger charge is -1.97. The van der Waals surface area contributed by atoms with Gasteiger partial charge in [0.25, 0.3) is 0 Å². The zero-order valence-corrected chi connectivity index (χ0v) is 8.54. The molecule has 12 heavy (non-hydrogen) atoms. The molecular weight excluding hydrogens is 188 g/mol. The number of carbonyl (C=O) groups excluding carboxylic acids is 1. The highest BCUT2D eigenvalue weighted by atomic mass is 32.1. The minimum atomic E-state index is -0.0589. The zero-order valence-electron chi connectivity index (χ0n) is 6.83. The largest absolute Gasteiger partial charge is 0.288 e. The van der Waals surface area contributed by atoms with E-state index in [0.717, 1.165) is 16.9 Å². The molecule has 0 amide bonds. The lowest BCUT2D eigenvalue weighted by atomic mass is 10.1. The molecule has 0 spiro atoms. The standard InChI is InChI=1S/C9H10OS2/c1-3-8-7(4-5-12-8)9(10)6(2)11/h4-5,11H,2-3H2,1H3.